The second-order valence-electron chi connectivity index (χ2n) is 11.7. The summed E-state index contributed by atoms with van der Waals surface area (Å²) >= 11 is 0. The lowest BCUT2D eigenvalue weighted by atomic mass is 9.87. The molecule has 0 aliphatic carbocycles. The van der Waals surface area contributed by atoms with Crippen LogP contribution in [0.3, 0.4) is 0 Å². The van der Waals surface area contributed by atoms with Crippen LogP contribution >= 0.6 is 0 Å². The van der Waals surface area contributed by atoms with Gasteiger partial charge in [0.15, 0.2) is 0 Å². The Morgan fingerprint density at radius 3 is 2.38 bits per heavy atom. The van der Waals surface area contributed by atoms with Gasteiger partial charge in [-0.3, -0.25) is 19.7 Å². The first-order valence-electron chi connectivity index (χ1n) is 15.6. The number of carbonyl (C=O) groups excluding carboxylic acids is 5. The summed E-state index contributed by atoms with van der Waals surface area (Å²) in [6, 6.07) is 17.0. The number of anilines is 1. The molecule has 2 N–H and O–H groups in total. The molecule has 3 aliphatic rings. The first kappa shape index (κ1) is 31.8. The summed E-state index contributed by atoms with van der Waals surface area (Å²) in [5.41, 5.74) is 2.56. The van der Waals surface area contributed by atoms with Gasteiger partial charge in [0, 0.05) is 43.7 Å². The first-order chi connectivity index (χ1) is 22.8. The molecule has 3 saturated heterocycles. The molecule has 246 valence electrons. The summed E-state index contributed by atoms with van der Waals surface area (Å²) in [6.45, 7) is 2.72. The molecule has 3 aliphatic heterocycles. The number of nitrogens with zero attached hydrogens (tertiary/aromatic N) is 6. The van der Waals surface area contributed by atoms with Crippen LogP contribution in [0.4, 0.5) is 10.5 Å². The predicted molar refractivity (Wildman–Crippen MR) is 166 cm³/mol. The number of amides is 5. The van der Waals surface area contributed by atoms with Gasteiger partial charge in [0.2, 0.25) is 5.91 Å². The van der Waals surface area contributed by atoms with E-state index in [0.29, 0.717) is 62.1 Å². The molecule has 15 nitrogen and oxygen atoms in total. The van der Waals surface area contributed by atoms with E-state index in [1.807, 2.05) is 47.4 Å². The van der Waals surface area contributed by atoms with Gasteiger partial charge in [-0.1, -0.05) is 47.7 Å². The highest BCUT2D eigenvalue weighted by molar-refractivity contribution is 6.01. The molecular formula is C32H36N8O7. The third-order valence-electron chi connectivity index (χ3n) is 8.51. The fourth-order valence-corrected chi connectivity index (χ4v) is 5.80. The maximum absolute atomic E-state index is 13.3. The van der Waals surface area contributed by atoms with E-state index in [1.54, 1.807) is 27.9 Å². The fraction of sp³-hybridized carbons (Fsp3) is 0.406. The second kappa shape index (κ2) is 14.1. The molecule has 3 aromatic rings. The van der Waals surface area contributed by atoms with Crippen LogP contribution in [0.5, 0.6) is 0 Å². The second-order valence-corrected chi connectivity index (χ2v) is 11.7. The minimum absolute atomic E-state index is 0.0431. The third kappa shape index (κ3) is 7.47. The number of carbonyl (C=O) groups is 5. The van der Waals surface area contributed by atoms with Gasteiger partial charge in [-0.15, -0.1) is 10.2 Å². The Labute approximate surface area is 270 Å². The van der Waals surface area contributed by atoms with Gasteiger partial charge >= 0.3 is 12.0 Å². The van der Waals surface area contributed by atoms with Crippen molar-refractivity contribution in [2.45, 2.75) is 50.7 Å². The van der Waals surface area contributed by atoms with E-state index in [1.165, 1.54) is 0 Å². The van der Waals surface area contributed by atoms with Crippen molar-refractivity contribution < 1.29 is 33.5 Å². The zero-order chi connectivity index (χ0) is 32.8. The van der Waals surface area contributed by atoms with Gasteiger partial charge < -0.3 is 24.7 Å². The Kier molecular flexibility index (Phi) is 9.54. The highest BCUT2D eigenvalue weighted by atomic mass is 16.7. The molecule has 3 fully saturated rings. The van der Waals surface area contributed by atoms with E-state index in [2.05, 4.69) is 20.9 Å². The largest absolute Gasteiger partial charge is 0.379 e. The molecule has 0 radical (unpaired) electrons. The van der Waals surface area contributed by atoms with Crippen LogP contribution in [0.15, 0.2) is 60.8 Å². The number of rotatable bonds is 11. The van der Waals surface area contributed by atoms with Crippen molar-refractivity contribution in [1.82, 2.24) is 35.2 Å². The normalized spacial score (nSPS) is 17.5. The van der Waals surface area contributed by atoms with Crippen LogP contribution in [-0.4, -0.2) is 98.1 Å². The zero-order valence-corrected chi connectivity index (χ0v) is 25.8. The van der Waals surface area contributed by atoms with Crippen LogP contribution in [0.2, 0.25) is 0 Å². The van der Waals surface area contributed by atoms with E-state index in [9.17, 15) is 24.0 Å². The minimum Gasteiger partial charge on any atom is -0.379 e. The molecule has 0 bridgehead atoms. The molecule has 4 heterocycles. The van der Waals surface area contributed by atoms with E-state index < -0.39 is 23.3 Å². The Hall–Kier alpha value is -5.15. The summed E-state index contributed by atoms with van der Waals surface area (Å²) < 4.78 is 7.07. The molecule has 15 heteroatoms. The fourth-order valence-electron chi connectivity index (χ4n) is 5.80. The van der Waals surface area contributed by atoms with Gasteiger partial charge in [-0.25, -0.2) is 14.3 Å². The van der Waals surface area contributed by atoms with Crippen LogP contribution in [0.1, 0.15) is 37.7 Å². The molecule has 1 spiro atoms. The number of urea groups is 1. The minimum atomic E-state index is -0.718. The predicted octanol–water partition coefficient (Wildman–Crippen LogP) is 1.91. The molecule has 1 aromatic heterocycles. The smallest absolute Gasteiger partial charge is 0.335 e. The molecule has 5 amide bonds. The van der Waals surface area contributed by atoms with Crippen molar-refractivity contribution >= 4 is 35.4 Å². The highest BCUT2D eigenvalue weighted by Crippen LogP contribution is 2.30. The Morgan fingerprint density at radius 2 is 1.66 bits per heavy atom. The highest BCUT2D eigenvalue weighted by Gasteiger charge is 2.48. The lowest BCUT2D eigenvalue weighted by Crippen LogP contribution is -2.56. The number of benzene rings is 2. The van der Waals surface area contributed by atoms with Crippen LogP contribution < -0.4 is 10.6 Å². The zero-order valence-electron chi connectivity index (χ0n) is 25.8. The monoisotopic (exact) mass is 644 g/mol. The van der Waals surface area contributed by atoms with Gasteiger partial charge in [0.05, 0.1) is 39.0 Å². The number of aromatic nitrogens is 3. The van der Waals surface area contributed by atoms with Gasteiger partial charge in [0.25, 0.3) is 11.8 Å². The van der Waals surface area contributed by atoms with E-state index in [0.717, 1.165) is 11.1 Å². The van der Waals surface area contributed by atoms with Crippen molar-refractivity contribution in [3.8, 4) is 11.3 Å². The van der Waals surface area contributed by atoms with Crippen molar-refractivity contribution in [2.75, 3.05) is 38.3 Å². The number of hydrogen-bond donors (Lipinski definition) is 2. The Bertz CT molecular complexity index is 1600. The quantitative estimate of drug-likeness (QED) is 0.232. The lowest BCUT2D eigenvalue weighted by molar-refractivity contribution is -0.198. The molecule has 6 rings (SSSR count). The molecule has 0 saturated carbocycles. The summed E-state index contributed by atoms with van der Waals surface area (Å²) in [4.78, 5) is 69.5. The lowest BCUT2D eigenvalue weighted by Gasteiger charge is -2.37. The maximum Gasteiger partial charge on any atom is 0.335 e. The number of piperidine rings is 1. The first-order valence-corrected chi connectivity index (χ1v) is 15.6. The number of hydroxylamine groups is 2. The topological polar surface area (TPSA) is 168 Å². The molecule has 47 heavy (non-hydrogen) atoms. The Balaban J connectivity index is 0.906. The average Bonchev–Trinajstić information content (AvgIpc) is 3.77. The number of nitrogens with one attached hydrogen (secondary N) is 2. The molecular weight excluding hydrogens is 608 g/mol. The van der Waals surface area contributed by atoms with Crippen LogP contribution in [0.25, 0.3) is 11.3 Å². The summed E-state index contributed by atoms with van der Waals surface area (Å²) in [5, 5.41) is 15.2. The Morgan fingerprint density at radius 1 is 0.936 bits per heavy atom. The van der Waals surface area contributed by atoms with Gasteiger partial charge in [-0.2, -0.15) is 0 Å². The van der Waals surface area contributed by atoms with Crippen LogP contribution in [0, 0.1) is 0 Å². The number of hydrogen-bond acceptors (Lipinski definition) is 10. The van der Waals surface area contributed by atoms with Crippen molar-refractivity contribution in [3.63, 3.8) is 0 Å². The third-order valence-corrected chi connectivity index (χ3v) is 8.51. The van der Waals surface area contributed by atoms with Crippen molar-refractivity contribution in [3.05, 3.63) is 66.4 Å². The summed E-state index contributed by atoms with van der Waals surface area (Å²) in [7, 11) is 0. The average molecular weight is 645 g/mol. The van der Waals surface area contributed by atoms with E-state index >= 15 is 0 Å². The number of ether oxygens (including phenoxy) is 1. The van der Waals surface area contributed by atoms with Crippen molar-refractivity contribution in [2.24, 2.45) is 0 Å². The molecule has 0 unspecified atom stereocenters. The number of likely N-dealkylation sites (tertiary alicyclic amines) is 1. The van der Waals surface area contributed by atoms with Gasteiger partial charge in [-0.05, 0) is 30.5 Å². The summed E-state index contributed by atoms with van der Waals surface area (Å²) in [6.07, 6.45) is 2.85. The number of imide groups is 1. The van der Waals surface area contributed by atoms with Crippen LogP contribution in [-0.2, 0) is 41.8 Å². The molecule has 2 aromatic carbocycles. The standard InChI is InChI=1S/C32H36N8O7/c41-27-10-11-28(42)40(27)47-29(43)12-18-46-19-17-39-21-26(35-36-39)24-6-8-25(9-7-24)34-31(45)37-15-13-32(14-16-37)30(44)38(22-33-32)20-23-4-2-1-3-5-23/h1-9,21,33H,10-20,22H2,(H,34,45). The summed E-state index contributed by atoms with van der Waals surface area (Å²) in [5.74, 6) is -1.67. The van der Waals surface area contributed by atoms with Crippen molar-refractivity contribution in [1.29, 1.82) is 0 Å². The maximum atomic E-state index is 13.3. The SMILES string of the molecule is O=C(CCOCCn1cc(-c2ccc(NC(=O)N3CCC4(CC3)NCN(Cc3ccccc3)C4=O)cc2)nn1)ON1C(=O)CCC1=O. The van der Waals surface area contributed by atoms with Gasteiger partial charge in [0.1, 0.15) is 11.2 Å². The molecule has 0 atom stereocenters. The van der Waals surface area contributed by atoms with E-state index in [-0.39, 0.29) is 44.4 Å². The van der Waals surface area contributed by atoms with E-state index in [4.69, 9.17) is 9.57 Å².